The average molecular weight is 280 g/mol. The Bertz CT molecular complexity index is 222. The van der Waals surface area contributed by atoms with E-state index in [0.717, 1.165) is 0 Å². The molecule has 0 aliphatic rings. The van der Waals surface area contributed by atoms with Gasteiger partial charge in [-0.2, -0.15) is 11.8 Å². The lowest BCUT2D eigenvalue weighted by Gasteiger charge is -2.28. The first-order valence-electron chi connectivity index (χ1n) is 6.12. The number of aliphatic hydroxyl groups is 3. The lowest BCUT2D eigenvalue weighted by atomic mass is 9.90. The maximum absolute atomic E-state index is 11.4. The summed E-state index contributed by atoms with van der Waals surface area (Å²) in [6.07, 6.45) is 0.691. The van der Waals surface area contributed by atoms with Crippen molar-refractivity contribution in [1.29, 1.82) is 0 Å². The third-order valence-electron chi connectivity index (χ3n) is 2.93. The standard InChI is InChI=1S/C12H24O5S/c1-3-12(7-14,8-15)9-18-6-10(2)11(16)17-5-4-13/h10,13-15H,3-9H2,1-2H3. The molecule has 0 saturated carbocycles. The number of carbonyl (C=O) groups excluding carboxylic acids is 1. The van der Waals surface area contributed by atoms with Crippen molar-refractivity contribution in [2.75, 3.05) is 37.9 Å². The van der Waals surface area contributed by atoms with Crippen LogP contribution in [0, 0.1) is 11.3 Å². The van der Waals surface area contributed by atoms with Gasteiger partial charge in [0.1, 0.15) is 6.61 Å². The van der Waals surface area contributed by atoms with Gasteiger partial charge in [-0.15, -0.1) is 0 Å². The summed E-state index contributed by atoms with van der Waals surface area (Å²) in [4.78, 5) is 11.4. The smallest absolute Gasteiger partial charge is 0.309 e. The molecule has 0 aromatic carbocycles. The van der Waals surface area contributed by atoms with Crippen molar-refractivity contribution >= 4 is 17.7 Å². The van der Waals surface area contributed by atoms with Gasteiger partial charge in [-0.05, 0) is 6.42 Å². The molecule has 0 fully saturated rings. The fourth-order valence-corrected chi connectivity index (χ4v) is 2.70. The van der Waals surface area contributed by atoms with Crippen LogP contribution in [0.5, 0.6) is 0 Å². The molecule has 3 N–H and O–H groups in total. The first kappa shape index (κ1) is 17.7. The molecule has 0 heterocycles. The molecule has 0 bridgehead atoms. The van der Waals surface area contributed by atoms with E-state index in [1.165, 1.54) is 11.8 Å². The van der Waals surface area contributed by atoms with Gasteiger partial charge in [0, 0.05) is 16.9 Å². The third kappa shape index (κ3) is 6.04. The van der Waals surface area contributed by atoms with Crippen LogP contribution in [0.25, 0.3) is 0 Å². The lowest BCUT2D eigenvalue weighted by Crippen LogP contribution is -2.32. The summed E-state index contributed by atoms with van der Waals surface area (Å²) in [5.41, 5.74) is -0.473. The summed E-state index contributed by atoms with van der Waals surface area (Å²) in [5, 5.41) is 27.1. The molecule has 108 valence electrons. The monoisotopic (exact) mass is 280 g/mol. The number of rotatable bonds is 10. The highest BCUT2D eigenvalue weighted by molar-refractivity contribution is 7.99. The molecule has 18 heavy (non-hydrogen) atoms. The zero-order valence-electron chi connectivity index (χ0n) is 11.1. The molecule has 0 amide bonds. The van der Waals surface area contributed by atoms with E-state index in [-0.39, 0.29) is 38.3 Å². The van der Waals surface area contributed by atoms with Crippen LogP contribution in [0.15, 0.2) is 0 Å². The lowest BCUT2D eigenvalue weighted by molar-refractivity contribution is -0.148. The van der Waals surface area contributed by atoms with Crippen LogP contribution >= 0.6 is 11.8 Å². The summed E-state index contributed by atoms with van der Waals surface area (Å²) in [6, 6.07) is 0. The quantitative estimate of drug-likeness (QED) is 0.498. The van der Waals surface area contributed by atoms with Crippen LogP contribution < -0.4 is 0 Å². The predicted molar refractivity (Wildman–Crippen MR) is 71.4 cm³/mol. The zero-order chi connectivity index (χ0) is 14.0. The molecule has 0 aromatic rings. The fraction of sp³-hybridized carbons (Fsp3) is 0.917. The Hall–Kier alpha value is -0.300. The number of carbonyl (C=O) groups is 1. The van der Waals surface area contributed by atoms with Crippen molar-refractivity contribution in [2.24, 2.45) is 11.3 Å². The van der Waals surface area contributed by atoms with Crippen molar-refractivity contribution in [3.05, 3.63) is 0 Å². The summed E-state index contributed by atoms with van der Waals surface area (Å²) >= 11 is 1.52. The Labute approximate surface area is 113 Å². The SMILES string of the molecule is CCC(CO)(CO)CSCC(C)C(=O)OCCO. The topological polar surface area (TPSA) is 87.0 Å². The van der Waals surface area contributed by atoms with Gasteiger partial charge in [0.2, 0.25) is 0 Å². The molecule has 6 heteroatoms. The second-order valence-corrected chi connectivity index (χ2v) is 5.51. The molecule has 5 nitrogen and oxygen atoms in total. The van der Waals surface area contributed by atoms with Gasteiger partial charge in [-0.3, -0.25) is 4.79 Å². The number of aliphatic hydroxyl groups excluding tert-OH is 3. The minimum absolute atomic E-state index is 0.0278. The van der Waals surface area contributed by atoms with Crippen LogP contribution in [0.3, 0.4) is 0 Å². The van der Waals surface area contributed by atoms with E-state index in [2.05, 4.69) is 0 Å². The number of thioether (sulfide) groups is 1. The van der Waals surface area contributed by atoms with Crippen molar-refractivity contribution < 1.29 is 24.9 Å². The summed E-state index contributed by atoms with van der Waals surface area (Å²) in [5.74, 6) is 0.597. The molecule has 0 aromatic heterocycles. The summed E-state index contributed by atoms with van der Waals surface area (Å²) in [7, 11) is 0. The Kier molecular flexibility index (Phi) is 9.45. The predicted octanol–water partition coefficient (Wildman–Crippen LogP) is 0.272. The Morgan fingerprint density at radius 3 is 2.39 bits per heavy atom. The largest absolute Gasteiger partial charge is 0.463 e. The van der Waals surface area contributed by atoms with E-state index in [1.807, 2.05) is 6.92 Å². The summed E-state index contributed by atoms with van der Waals surface area (Å²) < 4.78 is 4.81. The van der Waals surface area contributed by atoms with Crippen LogP contribution in [0.2, 0.25) is 0 Å². The number of esters is 1. The molecular weight excluding hydrogens is 256 g/mol. The van der Waals surface area contributed by atoms with Gasteiger partial charge < -0.3 is 20.1 Å². The zero-order valence-corrected chi connectivity index (χ0v) is 11.9. The number of hydrogen-bond donors (Lipinski definition) is 3. The fourth-order valence-electron chi connectivity index (χ4n) is 1.28. The van der Waals surface area contributed by atoms with Crippen molar-refractivity contribution in [2.45, 2.75) is 20.3 Å². The highest BCUT2D eigenvalue weighted by Gasteiger charge is 2.27. The Morgan fingerprint density at radius 2 is 1.94 bits per heavy atom. The second kappa shape index (κ2) is 9.61. The molecular formula is C12H24O5S. The normalized spacial score (nSPS) is 13.4. The van der Waals surface area contributed by atoms with Crippen molar-refractivity contribution in [3.8, 4) is 0 Å². The number of hydrogen-bond acceptors (Lipinski definition) is 6. The maximum Gasteiger partial charge on any atom is 0.309 e. The molecule has 0 rings (SSSR count). The van der Waals surface area contributed by atoms with Crippen LogP contribution in [-0.4, -0.2) is 59.2 Å². The second-order valence-electron chi connectivity index (χ2n) is 4.48. The van der Waals surface area contributed by atoms with E-state index in [0.29, 0.717) is 17.9 Å². The van der Waals surface area contributed by atoms with E-state index in [1.54, 1.807) is 6.92 Å². The van der Waals surface area contributed by atoms with Gasteiger partial charge in [0.15, 0.2) is 0 Å². The van der Waals surface area contributed by atoms with Crippen molar-refractivity contribution in [1.82, 2.24) is 0 Å². The van der Waals surface area contributed by atoms with Gasteiger partial charge in [-0.1, -0.05) is 13.8 Å². The van der Waals surface area contributed by atoms with E-state index in [9.17, 15) is 15.0 Å². The van der Waals surface area contributed by atoms with E-state index < -0.39 is 5.41 Å². The average Bonchev–Trinajstić information content (AvgIpc) is 2.41. The van der Waals surface area contributed by atoms with Gasteiger partial charge in [0.05, 0.1) is 25.7 Å². The molecule has 0 aliphatic carbocycles. The minimum Gasteiger partial charge on any atom is -0.463 e. The highest BCUT2D eigenvalue weighted by atomic mass is 32.2. The van der Waals surface area contributed by atoms with Crippen LogP contribution in [0.4, 0.5) is 0 Å². The van der Waals surface area contributed by atoms with Gasteiger partial charge in [0.25, 0.3) is 0 Å². The molecule has 1 atom stereocenters. The number of ether oxygens (including phenoxy) is 1. The Morgan fingerprint density at radius 1 is 1.33 bits per heavy atom. The molecule has 0 saturated heterocycles. The molecule has 0 aliphatic heterocycles. The molecule has 1 unspecified atom stereocenters. The molecule has 0 spiro atoms. The maximum atomic E-state index is 11.4. The first-order valence-corrected chi connectivity index (χ1v) is 7.27. The first-order chi connectivity index (χ1) is 8.55. The Balaban J connectivity index is 3.98. The van der Waals surface area contributed by atoms with Crippen LogP contribution in [0.1, 0.15) is 20.3 Å². The summed E-state index contributed by atoms with van der Waals surface area (Å²) in [6.45, 7) is 3.43. The highest BCUT2D eigenvalue weighted by Crippen LogP contribution is 2.27. The van der Waals surface area contributed by atoms with Gasteiger partial charge >= 0.3 is 5.97 Å². The van der Waals surface area contributed by atoms with Crippen LogP contribution in [-0.2, 0) is 9.53 Å². The minimum atomic E-state index is -0.473. The van der Waals surface area contributed by atoms with E-state index in [4.69, 9.17) is 9.84 Å². The van der Waals surface area contributed by atoms with Crippen molar-refractivity contribution in [3.63, 3.8) is 0 Å². The van der Waals surface area contributed by atoms with Gasteiger partial charge in [-0.25, -0.2) is 0 Å². The third-order valence-corrected chi connectivity index (χ3v) is 4.49. The van der Waals surface area contributed by atoms with E-state index >= 15 is 0 Å². The molecule has 0 radical (unpaired) electrons.